The molecule has 2 aromatic rings. The molecule has 0 N–H and O–H groups in total. The van der Waals surface area contributed by atoms with E-state index in [1.54, 1.807) is 29.4 Å². The Labute approximate surface area is 149 Å². The Morgan fingerprint density at radius 2 is 2.25 bits per heavy atom. The van der Waals surface area contributed by atoms with Crippen molar-refractivity contribution in [3.05, 3.63) is 65.0 Å². The molecule has 3 rings (SSSR count). The van der Waals surface area contributed by atoms with Crippen LogP contribution in [0.25, 0.3) is 6.08 Å². The summed E-state index contributed by atoms with van der Waals surface area (Å²) in [5.41, 5.74) is 1.18. The van der Waals surface area contributed by atoms with Gasteiger partial charge in [0.05, 0.1) is 12.8 Å². The molecule has 0 radical (unpaired) electrons. The highest BCUT2D eigenvalue weighted by Crippen LogP contribution is 2.31. The van der Waals surface area contributed by atoms with Crippen LogP contribution >= 0.6 is 23.1 Å². The van der Waals surface area contributed by atoms with Gasteiger partial charge in [0.2, 0.25) is 0 Å². The molecule has 0 atom stereocenters. The van der Waals surface area contributed by atoms with Crippen molar-refractivity contribution in [1.82, 2.24) is 0 Å². The quantitative estimate of drug-likeness (QED) is 0.588. The Hall–Kier alpha value is -2.31. The molecule has 1 amide bonds. The fourth-order valence-corrected chi connectivity index (χ4v) is 3.61. The number of aliphatic imine (C=N–C) groups is 1. The number of anilines is 1. The van der Waals surface area contributed by atoms with Gasteiger partial charge >= 0.3 is 0 Å². The largest absolute Gasteiger partial charge is 0.497 e. The van der Waals surface area contributed by atoms with Gasteiger partial charge in [-0.25, -0.2) is 4.99 Å². The third-order valence-electron chi connectivity index (χ3n) is 3.29. The molecule has 0 spiro atoms. The fraction of sp³-hybridized carbons (Fsp3) is 0.111. The van der Waals surface area contributed by atoms with E-state index in [1.807, 2.05) is 47.9 Å². The number of thiophene rings is 1. The molecule has 1 aliphatic heterocycles. The van der Waals surface area contributed by atoms with E-state index >= 15 is 0 Å². The SMILES string of the molecule is C=CCSC1=N/C(=C/c2cccs2)C(=O)N1c1cccc(OC)c1. The van der Waals surface area contributed by atoms with Gasteiger partial charge in [-0.2, -0.15) is 0 Å². The molecule has 2 heterocycles. The summed E-state index contributed by atoms with van der Waals surface area (Å²) in [5, 5.41) is 2.62. The maximum atomic E-state index is 12.9. The number of amides is 1. The highest BCUT2D eigenvalue weighted by atomic mass is 32.2. The van der Waals surface area contributed by atoms with Crippen molar-refractivity contribution < 1.29 is 9.53 Å². The minimum atomic E-state index is -0.136. The number of amidine groups is 1. The van der Waals surface area contributed by atoms with E-state index < -0.39 is 0 Å². The summed E-state index contributed by atoms with van der Waals surface area (Å²) < 4.78 is 5.26. The Bertz CT molecular complexity index is 810. The lowest BCUT2D eigenvalue weighted by Gasteiger charge is -2.18. The molecule has 1 aromatic heterocycles. The predicted octanol–water partition coefficient (Wildman–Crippen LogP) is 4.42. The van der Waals surface area contributed by atoms with Crippen molar-refractivity contribution in [2.24, 2.45) is 4.99 Å². The predicted molar refractivity (Wildman–Crippen MR) is 103 cm³/mol. The van der Waals surface area contributed by atoms with Gasteiger partial charge in [-0.3, -0.25) is 9.69 Å². The summed E-state index contributed by atoms with van der Waals surface area (Å²) in [7, 11) is 1.61. The molecular weight excluding hydrogens is 340 g/mol. The van der Waals surface area contributed by atoms with Gasteiger partial charge in [-0.15, -0.1) is 17.9 Å². The van der Waals surface area contributed by atoms with Gasteiger partial charge < -0.3 is 4.74 Å². The number of carbonyl (C=O) groups excluding carboxylic acids is 1. The fourth-order valence-electron chi connectivity index (χ4n) is 2.21. The van der Waals surface area contributed by atoms with Gasteiger partial charge in [0.25, 0.3) is 5.91 Å². The van der Waals surface area contributed by atoms with Crippen LogP contribution in [0.2, 0.25) is 0 Å². The van der Waals surface area contributed by atoms with Gasteiger partial charge in [-0.1, -0.05) is 30.0 Å². The number of hydrogen-bond acceptors (Lipinski definition) is 5. The molecule has 122 valence electrons. The number of carbonyl (C=O) groups is 1. The smallest absolute Gasteiger partial charge is 0.283 e. The summed E-state index contributed by atoms with van der Waals surface area (Å²) in [4.78, 5) is 20.0. The summed E-state index contributed by atoms with van der Waals surface area (Å²) in [6.45, 7) is 3.73. The van der Waals surface area contributed by atoms with E-state index in [0.29, 0.717) is 22.4 Å². The van der Waals surface area contributed by atoms with Crippen LogP contribution in [0.5, 0.6) is 5.75 Å². The number of rotatable bonds is 5. The molecule has 0 saturated carbocycles. The summed E-state index contributed by atoms with van der Waals surface area (Å²) >= 11 is 3.05. The van der Waals surface area contributed by atoms with Gasteiger partial charge in [0.15, 0.2) is 5.17 Å². The van der Waals surface area contributed by atoms with Crippen LogP contribution in [0.1, 0.15) is 4.88 Å². The lowest BCUT2D eigenvalue weighted by molar-refractivity contribution is -0.113. The number of benzene rings is 1. The zero-order valence-electron chi connectivity index (χ0n) is 13.1. The topological polar surface area (TPSA) is 41.9 Å². The monoisotopic (exact) mass is 356 g/mol. The molecule has 6 heteroatoms. The van der Waals surface area contributed by atoms with E-state index in [0.717, 1.165) is 10.6 Å². The molecule has 0 unspecified atom stereocenters. The van der Waals surface area contributed by atoms with E-state index in [9.17, 15) is 4.79 Å². The second-order valence-electron chi connectivity index (χ2n) is 4.88. The molecule has 0 fully saturated rings. The number of hydrogen-bond donors (Lipinski definition) is 0. The van der Waals surface area contributed by atoms with Crippen LogP contribution in [-0.4, -0.2) is 23.9 Å². The minimum Gasteiger partial charge on any atom is -0.497 e. The van der Waals surface area contributed by atoms with Gasteiger partial charge in [0.1, 0.15) is 11.4 Å². The standard InChI is InChI=1S/C18H16N2O2S2/c1-3-9-24-18-19-16(12-15-8-5-10-23-15)17(21)20(18)13-6-4-7-14(11-13)22-2/h3-8,10-12H,1,9H2,2H3/b16-12+. The molecule has 0 aliphatic carbocycles. The van der Waals surface area contributed by atoms with Crippen molar-refractivity contribution in [3.63, 3.8) is 0 Å². The zero-order chi connectivity index (χ0) is 16.9. The molecule has 0 bridgehead atoms. The average Bonchev–Trinajstić information content (AvgIpc) is 3.22. The van der Waals surface area contributed by atoms with Crippen LogP contribution in [0, 0.1) is 0 Å². The third-order valence-corrected chi connectivity index (χ3v) is 5.05. The highest BCUT2D eigenvalue weighted by Gasteiger charge is 2.32. The number of methoxy groups -OCH3 is 1. The maximum absolute atomic E-state index is 12.9. The van der Waals surface area contributed by atoms with Crippen LogP contribution in [-0.2, 0) is 4.79 Å². The van der Waals surface area contributed by atoms with Crippen molar-refractivity contribution >= 4 is 45.9 Å². The Morgan fingerprint density at radius 3 is 2.96 bits per heavy atom. The van der Waals surface area contributed by atoms with E-state index in [-0.39, 0.29) is 5.91 Å². The van der Waals surface area contributed by atoms with Crippen LogP contribution < -0.4 is 9.64 Å². The highest BCUT2D eigenvalue weighted by molar-refractivity contribution is 8.14. The lowest BCUT2D eigenvalue weighted by Crippen LogP contribution is -2.30. The first-order valence-electron chi connectivity index (χ1n) is 7.29. The first-order chi connectivity index (χ1) is 11.7. The number of ether oxygens (including phenoxy) is 1. The Kier molecular flexibility index (Phi) is 5.17. The van der Waals surface area contributed by atoms with Crippen molar-refractivity contribution in [2.75, 3.05) is 17.8 Å². The van der Waals surface area contributed by atoms with Crippen molar-refractivity contribution in [3.8, 4) is 5.75 Å². The molecular formula is C18H16N2O2S2. The summed E-state index contributed by atoms with van der Waals surface area (Å²) in [5.74, 6) is 1.24. The first-order valence-corrected chi connectivity index (χ1v) is 9.15. The van der Waals surface area contributed by atoms with E-state index in [4.69, 9.17) is 4.74 Å². The Morgan fingerprint density at radius 1 is 1.38 bits per heavy atom. The van der Waals surface area contributed by atoms with Crippen LogP contribution in [0.3, 0.4) is 0 Å². The van der Waals surface area contributed by atoms with E-state index in [1.165, 1.54) is 11.8 Å². The maximum Gasteiger partial charge on any atom is 0.283 e. The number of nitrogens with zero attached hydrogens (tertiary/aromatic N) is 2. The molecule has 4 nitrogen and oxygen atoms in total. The van der Waals surface area contributed by atoms with Crippen molar-refractivity contribution in [1.29, 1.82) is 0 Å². The second-order valence-corrected chi connectivity index (χ2v) is 6.85. The van der Waals surface area contributed by atoms with Gasteiger partial charge in [0, 0.05) is 16.7 Å². The third kappa shape index (κ3) is 3.44. The van der Waals surface area contributed by atoms with Gasteiger partial charge in [-0.05, 0) is 29.7 Å². The summed E-state index contributed by atoms with van der Waals surface area (Å²) in [6.07, 6.45) is 3.62. The molecule has 24 heavy (non-hydrogen) atoms. The Balaban J connectivity index is 1.98. The van der Waals surface area contributed by atoms with Crippen molar-refractivity contribution in [2.45, 2.75) is 0 Å². The average molecular weight is 356 g/mol. The first kappa shape index (κ1) is 16.5. The minimum absolute atomic E-state index is 0.136. The normalized spacial score (nSPS) is 15.7. The molecule has 1 aliphatic rings. The summed E-state index contributed by atoms with van der Waals surface area (Å²) in [6, 6.07) is 11.3. The second kappa shape index (κ2) is 7.51. The molecule has 0 saturated heterocycles. The van der Waals surface area contributed by atoms with Crippen LogP contribution in [0.15, 0.2) is 65.1 Å². The lowest BCUT2D eigenvalue weighted by atomic mass is 10.2. The van der Waals surface area contributed by atoms with E-state index in [2.05, 4.69) is 11.6 Å². The molecule has 1 aromatic carbocycles. The number of thioether (sulfide) groups is 1. The zero-order valence-corrected chi connectivity index (χ0v) is 14.8. The van der Waals surface area contributed by atoms with Crippen LogP contribution in [0.4, 0.5) is 5.69 Å².